The lowest BCUT2D eigenvalue weighted by Crippen LogP contribution is -2.36. The number of morpholine rings is 1. The largest absolute Gasteiger partial charge is 0.483 e. The Morgan fingerprint density at radius 2 is 1.85 bits per heavy atom. The lowest BCUT2D eigenvalue weighted by molar-refractivity contribution is -0.121. The van der Waals surface area contributed by atoms with E-state index in [1.54, 1.807) is 30.2 Å². The molecule has 0 unspecified atom stereocenters. The molecule has 0 aliphatic carbocycles. The topological polar surface area (TPSA) is 83.5 Å². The Morgan fingerprint density at radius 1 is 1.12 bits per heavy atom. The van der Waals surface area contributed by atoms with Gasteiger partial charge in [0.2, 0.25) is 0 Å². The standard InChI is InChI=1S/C29H26BrFN4O4S/c1-34-28(37)26(40-29(34)33-22-7-9-23(10-8-22)35-12-14-38-15-13-35)17-19-2-11-25(24(30)16-19)39-18-27(36)32-21-5-3-20(31)4-6-21/h2-11,16-17H,12-15,18H2,1H3,(H,32,36)/b26-17-,33-29?. The molecular formula is C29H26BrFN4O4S. The van der Waals surface area contributed by atoms with Crippen molar-refractivity contribution in [2.24, 2.45) is 4.99 Å². The predicted octanol–water partition coefficient (Wildman–Crippen LogP) is 5.68. The van der Waals surface area contributed by atoms with Gasteiger partial charge in [-0.2, -0.15) is 0 Å². The van der Waals surface area contributed by atoms with Crippen molar-refractivity contribution >= 4 is 67.8 Å². The molecule has 8 nitrogen and oxygen atoms in total. The molecule has 5 rings (SSSR count). The van der Waals surface area contributed by atoms with Crippen LogP contribution in [0.4, 0.5) is 21.5 Å². The minimum atomic E-state index is -0.379. The zero-order valence-electron chi connectivity index (χ0n) is 21.6. The quantitative estimate of drug-likeness (QED) is 0.341. The lowest BCUT2D eigenvalue weighted by Gasteiger charge is -2.28. The highest BCUT2D eigenvalue weighted by molar-refractivity contribution is 9.10. The second-order valence-electron chi connectivity index (χ2n) is 9.02. The van der Waals surface area contributed by atoms with Crippen LogP contribution in [-0.2, 0) is 14.3 Å². The van der Waals surface area contributed by atoms with Gasteiger partial charge < -0.3 is 19.7 Å². The van der Waals surface area contributed by atoms with Crippen molar-refractivity contribution in [1.82, 2.24) is 4.90 Å². The smallest absolute Gasteiger partial charge is 0.266 e. The summed E-state index contributed by atoms with van der Waals surface area (Å²) in [6, 6.07) is 18.8. The molecule has 3 aromatic carbocycles. The van der Waals surface area contributed by atoms with E-state index in [-0.39, 0.29) is 24.2 Å². The number of halogens is 2. The van der Waals surface area contributed by atoms with E-state index >= 15 is 0 Å². The first-order valence-corrected chi connectivity index (χ1v) is 14.1. The number of amides is 2. The molecule has 2 aliphatic rings. The van der Waals surface area contributed by atoms with Gasteiger partial charge in [-0.15, -0.1) is 0 Å². The SMILES string of the molecule is CN1C(=O)/C(=C/c2ccc(OCC(=O)Nc3ccc(F)cc3)c(Br)c2)SC1=Nc1ccc(N2CCOCC2)cc1. The number of carbonyl (C=O) groups excluding carboxylic acids is 2. The second-order valence-corrected chi connectivity index (χ2v) is 10.9. The molecule has 2 heterocycles. The van der Waals surface area contributed by atoms with E-state index in [0.29, 0.717) is 26.0 Å². The van der Waals surface area contributed by atoms with E-state index in [1.807, 2.05) is 30.3 Å². The van der Waals surface area contributed by atoms with Gasteiger partial charge in [0.1, 0.15) is 11.6 Å². The van der Waals surface area contributed by atoms with Gasteiger partial charge in [-0.25, -0.2) is 9.38 Å². The van der Waals surface area contributed by atoms with Gasteiger partial charge >= 0.3 is 0 Å². The number of hydrogen-bond acceptors (Lipinski definition) is 7. The highest BCUT2D eigenvalue weighted by atomic mass is 79.9. The molecule has 0 aromatic heterocycles. The van der Waals surface area contributed by atoms with Crippen molar-refractivity contribution in [3.05, 3.63) is 87.5 Å². The average molecular weight is 626 g/mol. The molecule has 0 bridgehead atoms. The van der Waals surface area contributed by atoms with Crippen LogP contribution in [0, 0.1) is 5.82 Å². The molecule has 11 heteroatoms. The number of benzene rings is 3. The third-order valence-electron chi connectivity index (χ3n) is 6.19. The molecule has 0 atom stereocenters. The summed E-state index contributed by atoms with van der Waals surface area (Å²) in [6.45, 7) is 2.97. The molecule has 2 saturated heterocycles. The lowest BCUT2D eigenvalue weighted by atomic mass is 10.2. The van der Waals surface area contributed by atoms with Gasteiger partial charge in [0.15, 0.2) is 11.8 Å². The Bertz CT molecular complexity index is 1460. The van der Waals surface area contributed by atoms with Crippen LogP contribution >= 0.6 is 27.7 Å². The first-order chi connectivity index (χ1) is 19.4. The summed E-state index contributed by atoms with van der Waals surface area (Å²) >= 11 is 4.79. The summed E-state index contributed by atoms with van der Waals surface area (Å²) in [5, 5.41) is 3.25. The van der Waals surface area contributed by atoms with Crippen molar-refractivity contribution in [1.29, 1.82) is 0 Å². The average Bonchev–Trinajstić information content (AvgIpc) is 3.22. The minimum absolute atomic E-state index is 0.136. The van der Waals surface area contributed by atoms with Crippen LogP contribution in [-0.4, -0.2) is 61.8 Å². The number of rotatable bonds is 7. The summed E-state index contributed by atoms with van der Waals surface area (Å²) in [5.41, 5.74) is 3.17. The number of hydrogen-bond donors (Lipinski definition) is 1. The number of thioether (sulfide) groups is 1. The maximum absolute atomic E-state index is 13.0. The van der Waals surface area contributed by atoms with Gasteiger partial charge in [-0.3, -0.25) is 14.5 Å². The van der Waals surface area contributed by atoms with Crippen molar-refractivity contribution in [3.63, 3.8) is 0 Å². The Labute approximate surface area is 244 Å². The van der Waals surface area contributed by atoms with Gasteiger partial charge in [0.25, 0.3) is 11.8 Å². The van der Waals surface area contributed by atoms with Crippen LogP contribution in [0.5, 0.6) is 5.75 Å². The van der Waals surface area contributed by atoms with Crippen molar-refractivity contribution in [2.45, 2.75) is 0 Å². The van der Waals surface area contributed by atoms with E-state index in [4.69, 9.17) is 9.47 Å². The van der Waals surface area contributed by atoms with Crippen LogP contribution in [0.25, 0.3) is 6.08 Å². The molecule has 0 radical (unpaired) electrons. The van der Waals surface area contributed by atoms with Crippen molar-refractivity contribution < 1.29 is 23.5 Å². The maximum Gasteiger partial charge on any atom is 0.266 e. The first-order valence-electron chi connectivity index (χ1n) is 12.5. The fourth-order valence-corrected chi connectivity index (χ4v) is 5.57. The zero-order valence-corrected chi connectivity index (χ0v) is 24.0. The number of likely N-dealkylation sites (N-methyl/N-ethyl adjacent to an activating group) is 1. The summed E-state index contributed by atoms with van der Waals surface area (Å²) in [5.74, 6) is -0.414. The number of ether oxygens (including phenoxy) is 2. The van der Waals surface area contributed by atoms with Crippen LogP contribution in [0.2, 0.25) is 0 Å². The zero-order chi connectivity index (χ0) is 28.1. The third kappa shape index (κ3) is 6.90. The van der Waals surface area contributed by atoms with Crippen LogP contribution in [0.1, 0.15) is 5.56 Å². The van der Waals surface area contributed by atoms with Crippen LogP contribution in [0.15, 0.2) is 81.1 Å². The molecule has 1 N–H and O–H groups in total. The Kier molecular flexibility index (Phi) is 8.83. The van der Waals surface area contributed by atoms with Crippen molar-refractivity contribution in [2.75, 3.05) is 50.2 Å². The van der Waals surface area contributed by atoms with E-state index in [0.717, 1.165) is 43.2 Å². The molecule has 206 valence electrons. The van der Waals surface area contributed by atoms with Crippen LogP contribution < -0.4 is 15.0 Å². The van der Waals surface area contributed by atoms with E-state index in [2.05, 4.69) is 31.1 Å². The number of nitrogens with zero attached hydrogens (tertiary/aromatic N) is 3. The monoisotopic (exact) mass is 624 g/mol. The number of amidine groups is 1. The van der Waals surface area contributed by atoms with Gasteiger partial charge in [-0.1, -0.05) is 6.07 Å². The molecular weight excluding hydrogens is 599 g/mol. The van der Waals surface area contributed by atoms with E-state index in [1.165, 1.54) is 36.0 Å². The molecule has 40 heavy (non-hydrogen) atoms. The molecule has 2 aliphatic heterocycles. The van der Waals surface area contributed by atoms with Gasteiger partial charge in [-0.05, 0) is 100.0 Å². The molecule has 0 spiro atoms. The predicted molar refractivity (Wildman–Crippen MR) is 160 cm³/mol. The van der Waals surface area contributed by atoms with E-state index in [9.17, 15) is 14.0 Å². The number of carbonyl (C=O) groups is 2. The Hall–Kier alpha value is -3.67. The van der Waals surface area contributed by atoms with Crippen LogP contribution in [0.3, 0.4) is 0 Å². The number of aliphatic imine (C=N–C) groups is 1. The number of anilines is 2. The number of nitrogens with one attached hydrogen (secondary N) is 1. The normalized spacial score (nSPS) is 17.5. The molecule has 0 saturated carbocycles. The maximum atomic E-state index is 13.0. The highest BCUT2D eigenvalue weighted by Gasteiger charge is 2.30. The highest BCUT2D eigenvalue weighted by Crippen LogP contribution is 2.35. The summed E-state index contributed by atoms with van der Waals surface area (Å²) in [6.07, 6.45) is 1.79. The summed E-state index contributed by atoms with van der Waals surface area (Å²) < 4.78 is 24.7. The molecule has 2 fully saturated rings. The van der Waals surface area contributed by atoms with Gasteiger partial charge in [0, 0.05) is 31.5 Å². The Balaban J connectivity index is 1.21. The van der Waals surface area contributed by atoms with Crippen molar-refractivity contribution in [3.8, 4) is 5.75 Å². The molecule has 2 amide bonds. The fourth-order valence-electron chi connectivity index (χ4n) is 4.07. The summed E-state index contributed by atoms with van der Waals surface area (Å²) in [7, 11) is 1.71. The third-order valence-corrected chi connectivity index (χ3v) is 7.87. The molecule has 3 aromatic rings. The first kappa shape index (κ1) is 27.9. The van der Waals surface area contributed by atoms with E-state index < -0.39 is 0 Å². The minimum Gasteiger partial charge on any atom is -0.483 e. The summed E-state index contributed by atoms with van der Waals surface area (Å²) in [4.78, 5) is 34.1. The van der Waals surface area contributed by atoms with Gasteiger partial charge in [0.05, 0.1) is 28.3 Å². The second kappa shape index (κ2) is 12.7. The fraction of sp³-hybridized carbons (Fsp3) is 0.207. The Morgan fingerprint density at radius 3 is 2.55 bits per heavy atom.